The highest BCUT2D eigenvalue weighted by Gasteiger charge is 2.10. The standard InChI is InChI=1S/C10H12N4O3/c11-10(14-15)13-12-6-7-1-2-8-9(5-7)17-4-3-16-8/h1-2,5-6,15H,3-4H2,(H3,11,13,14). The first kappa shape index (κ1) is 11.2. The van der Waals surface area contributed by atoms with Crippen LogP contribution < -0.4 is 20.7 Å². The summed E-state index contributed by atoms with van der Waals surface area (Å²) in [7, 11) is 0. The Kier molecular flexibility index (Phi) is 3.41. The molecule has 0 spiro atoms. The van der Waals surface area contributed by atoms with Gasteiger partial charge in [-0.3, -0.25) is 5.21 Å². The van der Waals surface area contributed by atoms with Crippen LogP contribution in [-0.2, 0) is 0 Å². The molecule has 7 heteroatoms. The summed E-state index contributed by atoms with van der Waals surface area (Å²) >= 11 is 0. The highest BCUT2D eigenvalue weighted by molar-refractivity contribution is 5.82. The van der Waals surface area contributed by atoms with Crippen molar-refractivity contribution < 1.29 is 14.7 Å². The van der Waals surface area contributed by atoms with Crippen LogP contribution in [0.2, 0.25) is 0 Å². The molecule has 0 atom stereocenters. The lowest BCUT2D eigenvalue weighted by atomic mass is 10.2. The van der Waals surface area contributed by atoms with Crippen molar-refractivity contribution in [2.75, 3.05) is 13.2 Å². The Balaban J connectivity index is 2.12. The van der Waals surface area contributed by atoms with Gasteiger partial charge in [-0.15, -0.1) is 5.10 Å². The predicted octanol–water partition coefficient (Wildman–Crippen LogP) is 0.0852. The number of hydrogen-bond donors (Lipinski definition) is 3. The minimum atomic E-state index is -0.182. The van der Waals surface area contributed by atoms with Gasteiger partial charge in [0.05, 0.1) is 6.21 Å². The summed E-state index contributed by atoms with van der Waals surface area (Å²) in [6.07, 6.45) is 1.49. The zero-order chi connectivity index (χ0) is 12.1. The summed E-state index contributed by atoms with van der Waals surface area (Å²) in [6, 6.07) is 5.40. The predicted molar refractivity (Wildman–Crippen MR) is 61.6 cm³/mol. The molecular formula is C10H12N4O3. The molecule has 1 heterocycles. The van der Waals surface area contributed by atoms with Crippen molar-refractivity contribution in [1.29, 1.82) is 0 Å². The Labute approximate surface area is 97.5 Å². The number of ether oxygens (including phenoxy) is 2. The molecule has 90 valence electrons. The average molecular weight is 236 g/mol. The minimum Gasteiger partial charge on any atom is -0.486 e. The van der Waals surface area contributed by atoms with Gasteiger partial charge in [-0.05, 0) is 23.8 Å². The van der Waals surface area contributed by atoms with Crippen molar-refractivity contribution in [3.63, 3.8) is 0 Å². The Morgan fingerprint density at radius 3 is 2.88 bits per heavy atom. The molecule has 0 saturated heterocycles. The number of guanidine groups is 1. The van der Waals surface area contributed by atoms with E-state index in [2.05, 4.69) is 10.2 Å². The molecule has 0 fully saturated rings. The van der Waals surface area contributed by atoms with Gasteiger partial charge in [-0.25, -0.2) is 5.48 Å². The zero-order valence-corrected chi connectivity index (χ0v) is 8.96. The Morgan fingerprint density at radius 1 is 1.35 bits per heavy atom. The van der Waals surface area contributed by atoms with Crippen LogP contribution in [0.3, 0.4) is 0 Å². The fourth-order valence-electron chi connectivity index (χ4n) is 1.32. The fourth-order valence-corrected chi connectivity index (χ4v) is 1.32. The highest BCUT2D eigenvalue weighted by atomic mass is 16.6. The molecule has 0 aromatic heterocycles. The summed E-state index contributed by atoms with van der Waals surface area (Å²) in [5.41, 5.74) is 7.64. The molecule has 1 aromatic carbocycles. The summed E-state index contributed by atoms with van der Waals surface area (Å²) < 4.78 is 10.8. The second kappa shape index (κ2) is 5.17. The molecule has 0 radical (unpaired) electrons. The van der Waals surface area contributed by atoms with Gasteiger partial charge in [0.15, 0.2) is 11.5 Å². The Hall–Kier alpha value is -2.28. The summed E-state index contributed by atoms with van der Waals surface area (Å²) in [5.74, 6) is 1.21. The van der Waals surface area contributed by atoms with Crippen LogP contribution in [0.15, 0.2) is 28.4 Å². The van der Waals surface area contributed by atoms with E-state index >= 15 is 0 Å². The molecule has 0 amide bonds. The Morgan fingerprint density at radius 2 is 2.12 bits per heavy atom. The van der Waals surface area contributed by atoms with E-state index < -0.39 is 0 Å². The molecule has 0 bridgehead atoms. The van der Waals surface area contributed by atoms with Gasteiger partial charge in [-0.2, -0.15) is 5.10 Å². The van der Waals surface area contributed by atoms with E-state index in [-0.39, 0.29) is 5.96 Å². The molecule has 0 aliphatic carbocycles. The largest absolute Gasteiger partial charge is 0.486 e. The van der Waals surface area contributed by atoms with Gasteiger partial charge in [0.1, 0.15) is 13.2 Å². The maximum Gasteiger partial charge on any atom is 0.237 e. The second-order valence-corrected chi connectivity index (χ2v) is 3.24. The molecule has 4 N–H and O–H groups in total. The quantitative estimate of drug-likeness (QED) is 0.383. The third kappa shape index (κ3) is 2.85. The first-order valence-electron chi connectivity index (χ1n) is 4.96. The molecule has 1 aliphatic heterocycles. The lowest BCUT2D eigenvalue weighted by Crippen LogP contribution is -2.27. The molecule has 1 aromatic rings. The second-order valence-electron chi connectivity index (χ2n) is 3.24. The van der Waals surface area contributed by atoms with Crippen molar-refractivity contribution in [2.45, 2.75) is 0 Å². The van der Waals surface area contributed by atoms with Crippen molar-refractivity contribution in [3.05, 3.63) is 23.8 Å². The maximum atomic E-state index is 8.37. The normalized spacial score (nSPS) is 15.0. The first-order valence-corrected chi connectivity index (χ1v) is 4.96. The van der Waals surface area contributed by atoms with Crippen molar-refractivity contribution >= 4 is 12.2 Å². The molecule has 17 heavy (non-hydrogen) atoms. The topological polar surface area (TPSA) is 101 Å². The summed E-state index contributed by atoms with van der Waals surface area (Å²) in [6.45, 7) is 1.09. The molecule has 0 unspecified atom stereocenters. The number of hydroxylamine groups is 1. The van der Waals surface area contributed by atoms with Gasteiger partial charge < -0.3 is 15.2 Å². The number of nitrogens with one attached hydrogen (secondary N) is 1. The number of rotatable bonds is 2. The van der Waals surface area contributed by atoms with Crippen LogP contribution in [0.4, 0.5) is 0 Å². The smallest absolute Gasteiger partial charge is 0.237 e. The van der Waals surface area contributed by atoms with Gasteiger partial charge in [0, 0.05) is 0 Å². The monoisotopic (exact) mass is 236 g/mol. The van der Waals surface area contributed by atoms with Crippen LogP contribution in [0.1, 0.15) is 5.56 Å². The summed E-state index contributed by atoms with van der Waals surface area (Å²) in [5, 5.41) is 15.5. The van der Waals surface area contributed by atoms with Crippen molar-refractivity contribution in [2.24, 2.45) is 15.9 Å². The highest BCUT2D eigenvalue weighted by Crippen LogP contribution is 2.30. The third-order valence-electron chi connectivity index (χ3n) is 2.05. The molecular weight excluding hydrogens is 224 g/mol. The average Bonchev–Trinajstić information content (AvgIpc) is 2.38. The van der Waals surface area contributed by atoms with E-state index in [0.29, 0.717) is 24.7 Å². The van der Waals surface area contributed by atoms with Crippen LogP contribution >= 0.6 is 0 Å². The van der Waals surface area contributed by atoms with Crippen molar-refractivity contribution in [3.8, 4) is 11.5 Å². The summed E-state index contributed by atoms with van der Waals surface area (Å²) in [4.78, 5) is 0. The van der Waals surface area contributed by atoms with E-state index in [1.807, 2.05) is 6.07 Å². The number of benzene rings is 1. The molecule has 1 aliphatic rings. The van der Waals surface area contributed by atoms with E-state index in [1.165, 1.54) is 6.21 Å². The number of nitrogens with zero attached hydrogens (tertiary/aromatic N) is 2. The Bertz CT molecular complexity index is 459. The lowest BCUT2D eigenvalue weighted by molar-refractivity contribution is 0.171. The zero-order valence-electron chi connectivity index (χ0n) is 8.96. The number of hydrogen-bond acceptors (Lipinski definition) is 5. The van der Waals surface area contributed by atoms with Crippen LogP contribution in [0, 0.1) is 0 Å². The minimum absolute atomic E-state index is 0.182. The SMILES string of the molecule is N/C(=N\N=Cc1ccc2c(c1)OCCO2)NO. The number of nitrogens with two attached hydrogens (primary N) is 1. The van der Waals surface area contributed by atoms with Crippen LogP contribution in [0.5, 0.6) is 11.5 Å². The molecule has 7 nitrogen and oxygen atoms in total. The van der Waals surface area contributed by atoms with Gasteiger partial charge >= 0.3 is 0 Å². The van der Waals surface area contributed by atoms with E-state index in [4.69, 9.17) is 20.4 Å². The van der Waals surface area contributed by atoms with Crippen LogP contribution in [0.25, 0.3) is 0 Å². The van der Waals surface area contributed by atoms with E-state index in [1.54, 1.807) is 17.6 Å². The number of fused-ring (bicyclic) bond motifs is 1. The third-order valence-corrected chi connectivity index (χ3v) is 2.05. The molecule has 2 rings (SSSR count). The maximum absolute atomic E-state index is 8.37. The first-order chi connectivity index (χ1) is 8.29. The van der Waals surface area contributed by atoms with E-state index in [0.717, 1.165) is 5.56 Å². The van der Waals surface area contributed by atoms with Crippen LogP contribution in [-0.4, -0.2) is 30.6 Å². The molecule has 0 saturated carbocycles. The van der Waals surface area contributed by atoms with Gasteiger partial charge in [0.2, 0.25) is 5.96 Å². The van der Waals surface area contributed by atoms with Gasteiger partial charge in [-0.1, -0.05) is 0 Å². The lowest BCUT2D eigenvalue weighted by Gasteiger charge is -2.18. The fraction of sp³-hybridized carbons (Fsp3) is 0.200. The van der Waals surface area contributed by atoms with Crippen molar-refractivity contribution in [1.82, 2.24) is 5.48 Å². The van der Waals surface area contributed by atoms with Gasteiger partial charge in [0.25, 0.3) is 0 Å². The van der Waals surface area contributed by atoms with E-state index in [9.17, 15) is 0 Å².